The van der Waals surface area contributed by atoms with Crippen molar-refractivity contribution >= 4 is 5.57 Å². The second-order valence-corrected chi connectivity index (χ2v) is 3.88. The summed E-state index contributed by atoms with van der Waals surface area (Å²) in [6.45, 7) is 2.32. The summed E-state index contributed by atoms with van der Waals surface area (Å²) in [5, 5.41) is 0. The fraction of sp³-hybridized carbons (Fsp3) is 0.308. The number of benzene rings is 1. The molecular formula is C13H17N. The van der Waals surface area contributed by atoms with Gasteiger partial charge < -0.3 is 4.90 Å². The van der Waals surface area contributed by atoms with Crippen LogP contribution in [0.15, 0.2) is 36.4 Å². The van der Waals surface area contributed by atoms with Crippen LogP contribution in [-0.4, -0.2) is 13.1 Å². The molecule has 1 heteroatoms. The Hall–Kier alpha value is -1.08. The van der Waals surface area contributed by atoms with Gasteiger partial charge in [-0.2, -0.15) is 7.05 Å². The molecule has 1 aromatic carbocycles. The summed E-state index contributed by atoms with van der Waals surface area (Å²) >= 11 is 0. The molecule has 14 heavy (non-hydrogen) atoms. The van der Waals surface area contributed by atoms with E-state index in [0.29, 0.717) is 0 Å². The average Bonchev–Trinajstić information content (AvgIpc) is 2.44. The van der Waals surface area contributed by atoms with Crippen LogP contribution in [0.5, 0.6) is 0 Å². The smallest absolute Gasteiger partial charge is 0.0571 e. The van der Waals surface area contributed by atoms with E-state index in [4.69, 9.17) is 0 Å². The Morgan fingerprint density at radius 1 is 1.07 bits per heavy atom. The van der Waals surface area contributed by atoms with Gasteiger partial charge in [0.15, 0.2) is 0 Å². The number of hydrogen-bond acceptors (Lipinski definition) is 0. The molecule has 0 bridgehead atoms. The maximum atomic E-state index is 4.07. The molecule has 1 aromatic rings. The molecule has 1 atom stereocenters. The molecule has 74 valence electrons. The lowest BCUT2D eigenvalue weighted by Gasteiger charge is -2.17. The Kier molecular flexibility index (Phi) is 3.00. The van der Waals surface area contributed by atoms with E-state index >= 15 is 0 Å². The van der Waals surface area contributed by atoms with Crippen LogP contribution in [0.3, 0.4) is 0 Å². The fourth-order valence-corrected chi connectivity index (χ4v) is 1.90. The largest absolute Gasteiger partial charge is 0.467 e. The van der Waals surface area contributed by atoms with Crippen LogP contribution in [0.4, 0.5) is 0 Å². The molecule has 0 saturated heterocycles. The summed E-state index contributed by atoms with van der Waals surface area (Å²) in [6.07, 6.45) is 4.68. The molecule has 1 heterocycles. The zero-order valence-electron chi connectivity index (χ0n) is 8.50. The van der Waals surface area contributed by atoms with Gasteiger partial charge in [0.25, 0.3) is 0 Å². The van der Waals surface area contributed by atoms with E-state index < -0.39 is 0 Å². The van der Waals surface area contributed by atoms with Crippen molar-refractivity contribution in [3.63, 3.8) is 0 Å². The average molecular weight is 187 g/mol. The third kappa shape index (κ3) is 2.24. The summed E-state index contributed by atoms with van der Waals surface area (Å²) in [6, 6.07) is 10.7. The van der Waals surface area contributed by atoms with Crippen LogP contribution < -0.4 is 4.90 Å². The normalized spacial score (nSPS) is 22.6. The van der Waals surface area contributed by atoms with Gasteiger partial charge in [0.2, 0.25) is 0 Å². The Bertz CT molecular complexity index is 313. The molecule has 2 rings (SSSR count). The van der Waals surface area contributed by atoms with E-state index in [1.54, 1.807) is 0 Å². The van der Waals surface area contributed by atoms with E-state index in [1.807, 2.05) is 0 Å². The summed E-state index contributed by atoms with van der Waals surface area (Å²) in [7, 11) is 4.07. The molecule has 0 spiro atoms. The van der Waals surface area contributed by atoms with Crippen molar-refractivity contribution in [2.24, 2.45) is 0 Å². The first-order valence-electron chi connectivity index (χ1n) is 5.27. The van der Waals surface area contributed by atoms with Gasteiger partial charge in [-0.1, -0.05) is 36.4 Å². The van der Waals surface area contributed by atoms with Crippen LogP contribution >= 0.6 is 0 Å². The van der Waals surface area contributed by atoms with Gasteiger partial charge in [0.05, 0.1) is 13.1 Å². The topological polar surface area (TPSA) is 4.44 Å². The van der Waals surface area contributed by atoms with Gasteiger partial charge in [-0.25, -0.2) is 0 Å². The van der Waals surface area contributed by atoms with Crippen molar-refractivity contribution in [3.05, 3.63) is 49.0 Å². The maximum Gasteiger partial charge on any atom is 0.0571 e. The first-order chi connectivity index (χ1) is 6.86. The predicted molar refractivity (Wildman–Crippen MR) is 59.7 cm³/mol. The number of rotatable bonds is 1. The molecule has 0 aromatic heterocycles. The van der Waals surface area contributed by atoms with Crippen molar-refractivity contribution in [2.45, 2.75) is 12.8 Å². The Morgan fingerprint density at radius 3 is 2.64 bits per heavy atom. The molecule has 1 unspecified atom stereocenters. The van der Waals surface area contributed by atoms with Crippen molar-refractivity contribution in [2.75, 3.05) is 13.1 Å². The highest BCUT2D eigenvalue weighted by Crippen LogP contribution is 2.18. The van der Waals surface area contributed by atoms with Crippen LogP contribution in [0.2, 0.25) is 0 Å². The summed E-state index contributed by atoms with van der Waals surface area (Å²) in [4.78, 5) is 1.40. The van der Waals surface area contributed by atoms with Crippen LogP contribution in [0.25, 0.3) is 5.57 Å². The molecule has 0 fully saturated rings. The SMILES string of the molecule is [CH2-][NH+]1CCC=C(c2ccccc2)CC1. The van der Waals surface area contributed by atoms with Crippen molar-refractivity contribution in [3.8, 4) is 0 Å². The Balaban J connectivity index is 2.15. The number of hydrogen-bond donors (Lipinski definition) is 1. The molecule has 0 radical (unpaired) electrons. The van der Waals surface area contributed by atoms with Gasteiger partial charge in [-0.15, -0.1) is 0 Å². The molecule has 1 aliphatic rings. The number of quaternary nitrogens is 1. The zero-order chi connectivity index (χ0) is 9.80. The molecule has 0 saturated carbocycles. The maximum absolute atomic E-state index is 4.07. The summed E-state index contributed by atoms with van der Waals surface area (Å²) < 4.78 is 0. The molecule has 1 N–H and O–H groups in total. The van der Waals surface area contributed by atoms with Gasteiger partial charge in [0.1, 0.15) is 0 Å². The molecule has 0 aliphatic carbocycles. The molecule has 1 nitrogen and oxygen atoms in total. The van der Waals surface area contributed by atoms with E-state index in [2.05, 4.69) is 43.5 Å². The Labute approximate surface area is 86.1 Å². The highest BCUT2D eigenvalue weighted by Gasteiger charge is 2.07. The van der Waals surface area contributed by atoms with Crippen molar-refractivity contribution in [1.82, 2.24) is 0 Å². The highest BCUT2D eigenvalue weighted by atomic mass is 15.1. The second kappa shape index (κ2) is 4.43. The van der Waals surface area contributed by atoms with Gasteiger partial charge >= 0.3 is 0 Å². The summed E-state index contributed by atoms with van der Waals surface area (Å²) in [5.41, 5.74) is 2.87. The third-order valence-electron chi connectivity index (χ3n) is 2.78. The minimum atomic E-state index is 1.15. The molecular weight excluding hydrogens is 170 g/mol. The van der Waals surface area contributed by atoms with Crippen molar-refractivity contribution in [1.29, 1.82) is 0 Å². The van der Waals surface area contributed by atoms with E-state index in [0.717, 1.165) is 25.9 Å². The third-order valence-corrected chi connectivity index (χ3v) is 2.78. The first-order valence-corrected chi connectivity index (χ1v) is 5.27. The monoisotopic (exact) mass is 187 g/mol. The standard InChI is InChI=1S/C13H17N/c1-14-10-5-8-13(9-11-14)12-6-3-2-4-7-12/h2-4,6-8,14H,1,5,9-11H2. The molecule has 1 aliphatic heterocycles. The zero-order valence-corrected chi connectivity index (χ0v) is 8.50. The lowest BCUT2D eigenvalue weighted by molar-refractivity contribution is -0.852. The van der Waals surface area contributed by atoms with E-state index in [1.165, 1.54) is 16.0 Å². The lowest BCUT2D eigenvalue weighted by Crippen LogP contribution is -3.06. The lowest BCUT2D eigenvalue weighted by atomic mass is 10.0. The van der Waals surface area contributed by atoms with Crippen LogP contribution in [0.1, 0.15) is 18.4 Å². The van der Waals surface area contributed by atoms with E-state index in [9.17, 15) is 0 Å². The number of nitrogens with one attached hydrogen (secondary N) is 1. The first kappa shape index (κ1) is 9.47. The van der Waals surface area contributed by atoms with Crippen molar-refractivity contribution < 1.29 is 4.90 Å². The van der Waals surface area contributed by atoms with E-state index in [-0.39, 0.29) is 0 Å². The molecule has 0 amide bonds. The van der Waals surface area contributed by atoms with Crippen LogP contribution in [-0.2, 0) is 0 Å². The van der Waals surface area contributed by atoms with Gasteiger partial charge in [-0.05, 0) is 11.1 Å². The summed E-state index contributed by atoms with van der Waals surface area (Å²) in [5.74, 6) is 0. The van der Waals surface area contributed by atoms with Crippen LogP contribution in [0, 0.1) is 7.05 Å². The minimum absolute atomic E-state index is 1.15. The highest BCUT2D eigenvalue weighted by molar-refractivity contribution is 5.65. The van der Waals surface area contributed by atoms with Gasteiger partial charge in [-0.3, -0.25) is 0 Å². The minimum Gasteiger partial charge on any atom is -0.467 e. The fourth-order valence-electron chi connectivity index (χ4n) is 1.90. The van der Waals surface area contributed by atoms with Gasteiger partial charge in [0, 0.05) is 12.8 Å². The second-order valence-electron chi connectivity index (χ2n) is 3.88. The Morgan fingerprint density at radius 2 is 1.86 bits per heavy atom. The quantitative estimate of drug-likeness (QED) is 0.636. The predicted octanol–water partition coefficient (Wildman–Crippen LogP) is 1.54.